The Bertz CT molecular complexity index is 456. The third-order valence-corrected chi connectivity index (χ3v) is 2.01. The van der Waals surface area contributed by atoms with Crippen LogP contribution in [0.1, 0.15) is 0 Å². The van der Waals surface area contributed by atoms with Gasteiger partial charge in [-0.3, -0.25) is 4.98 Å². The Morgan fingerprint density at radius 3 is 2.67 bits per heavy atom. The number of hydrogen-bond acceptors (Lipinski definition) is 3. The zero-order valence-corrected chi connectivity index (χ0v) is 8.14. The second-order valence-electron chi connectivity index (χ2n) is 2.98. The first-order valence-electron chi connectivity index (χ1n) is 4.40. The summed E-state index contributed by atoms with van der Waals surface area (Å²) < 4.78 is 17.6. The normalized spacial score (nSPS) is 10.0. The Kier molecular flexibility index (Phi) is 2.58. The maximum Gasteiger partial charge on any atom is 0.212 e. The molecule has 2 rings (SSSR count). The van der Waals surface area contributed by atoms with E-state index in [2.05, 4.69) is 9.97 Å². The minimum absolute atomic E-state index is 0.491. The molecule has 0 aliphatic rings. The van der Waals surface area contributed by atoms with Gasteiger partial charge in [0, 0.05) is 23.5 Å². The van der Waals surface area contributed by atoms with Gasteiger partial charge in [0.15, 0.2) is 0 Å². The van der Waals surface area contributed by atoms with Crippen LogP contribution in [0.4, 0.5) is 4.39 Å². The third-order valence-electron chi connectivity index (χ3n) is 2.01. The lowest BCUT2D eigenvalue weighted by Gasteiger charge is -2.03. The van der Waals surface area contributed by atoms with E-state index in [9.17, 15) is 4.39 Å². The van der Waals surface area contributed by atoms with Gasteiger partial charge in [-0.05, 0) is 18.2 Å². The van der Waals surface area contributed by atoms with Gasteiger partial charge in [0.05, 0.1) is 13.3 Å². The van der Waals surface area contributed by atoms with Crippen LogP contribution in [0.5, 0.6) is 5.75 Å². The van der Waals surface area contributed by atoms with Crippen LogP contribution in [0.3, 0.4) is 0 Å². The third kappa shape index (κ3) is 2.10. The summed E-state index contributed by atoms with van der Waals surface area (Å²) in [4.78, 5) is 7.58. The van der Waals surface area contributed by atoms with Crippen LogP contribution in [0, 0.1) is 5.95 Å². The predicted octanol–water partition coefficient (Wildman–Crippen LogP) is 2.29. The van der Waals surface area contributed by atoms with E-state index in [0.717, 1.165) is 11.1 Å². The molecule has 0 spiro atoms. The maximum absolute atomic E-state index is 12.6. The van der Waals surface area contributed by atoms with Crippen molar-refractivity contribution < 1.29 is 9.13 Å². The molecule has 0 radical (unpaired) electrons. The van der Waals surface area contributed by atoms with E-state index in [1.165, 1.54) is 12.3 Å². The smallest absolute Gasteiger partial charge is 0.212 e. The molecule has 0 saturated heterocycles. The number of ether oxygens (including phenoxy) is 1. The highest BCUT2D eigenvalue weighted by Gasteiger charge is 2.00. The zero-order chi connectivity index (χ0) is 10.7. The number of nitrogens with zero attached hydrogens (tertiary/aromatic N) is 2. The quantitative estimate of drug-likeness (QED) is 0.704. The zero-order valence-electron chi connectivity index (χ0n) is 8.14. The molecule has 0 saturated carbocycles. The first-order valence-corrected chi connectivity index (χ1v) is 4.40. The molecule has 15 heavy (non-hydrogen) atoms. The van der Waals surface area contributed by atoms with E-state index < -0.39 is 5.95 Å². The van der Waals surface area contributed by atoms with E-state index in [4.69, 9.17) is 4.74 Å². The molecule has 0 aliphatic carbocycles. The van der Waals surface area contributed by atoms with Crippen molar-refractivity contribution in [2.45, 2.75) is 0 Å². The molecule has 0 aliphatic heterocycles. The molecule has 2 aromatic rings. The monoisotopic (exact) mass is 204 g/mol. The molecule has 4 heteroatoms. The van der Waals surface area contributed by atoms with Crippen LogP contribution in [-0.4, -0.2) is 17.1 Å². The fourth-order valence-corrected chi connectivity index (χ4v) is 1.23. The van der Waals surface area contributed by atoms with Crippen molar-refractivity contribution in [1.29, 1.82) is 0 Å². The molecule has 3 nitrogen and oxygen atoms in total. The fourth-order valence-electron chi connectivity index (χ4n) is 1.23. The number of methoxy groups -OCH3 is 1. The number of halogens is 1. The first kappa shape index (κ1) is 9.58. The molecule has 0 atom stereocenters. The summed E-state index contributed by atoms with van der Waals surface area (Å²) in [6.45, 7) is 0. The molecule has 0 unspecified atom stereocenters. The van der Waals surface area contributed by atoms with Gasteiger partial charge in [0.25, 0.3) is 0 Å². The average Bonchev–Trinajstić information content (AvgIpc) is 2.30. The summed E-state index contributed by atoms with van der Waals surface area (Å²) in [5.41, 5.74) is 1.66. The maximum atomic E-state index is 12.6. The molecule has 2 heterocycles. The molecule has 76 valence electrons. The van der Waals surface area contributed by atoms with Crippen molar-refractivity contribution in [3.8, 4) is 16.9 Å². The first-order chi connectivity index (χ1) is 7.29. The van der Waals surface area contributed by atoms with E-state index in [-0.39, 0.29) is 0 Å². The lowest BCUT2D eigenvalue weighted by Crippen LogP contribution is -1.87. The number of rotatable bonds is 2. The summed E-state index contributed by atoms with van der Waals surface area (Å²) in [5.74, 6) is 0.173. The number of aromatic nitrogens is 2. The van der Waals surface area contributed by atoms with Crippen LogP contribution >= 0.6 is 0 Å². The molecule has 0 N–H and O–H groups in total. The van der Waals surface area contributed by atoms with Crippen molar-refractivity contribution in [2.24, 2.45) is 0 Å². The van der Waals surface area contributed by atoms with Gasteiger partial charge in [0.2, 0.25) is 5.95 Å². The lowest BCUT2D eigenvalue weighted by atomic mass is 10.1. The Morgan fingerprint density at radius 2 is 2.00 bits per heavy atom. The van der Waals surface area contributed by atoms with Gasteiger partial charge < -0.3 is 4.74 Å². The Morgan fingerprint density at radius 1 is 1.13 bits per heavy atom. The van der Waals surface area contributed by atoms with Crippen molar-refractivity contribution in [1.82, 2.24) is 9.97 Å². The summed E-state index contributed by atoms with van der Waals surface area (Å²) in [6, 6.07) is 4.79. The van der Waals surface area contributed by atoms with E-state index in [0.29, 0.717) is 5.75 Å². The summed E-state index contributed by atoms with van der Waals surface area (Å²) >= 11 is 0. The van der Waals surface area contributed by atoms with Crippen LogP contribution in [0.25, 0.3) is 11.1 Å². The lowest BCUT2D eigenvalue weighted by molar-refractivity contribution is 0.413. The minimum Gasteiger partial charge on any atom is -0.495 e. The van der Waals surface area contributed by atoms with Gasteiger partial charge in [-0.25, -0.2) is 4.98 Å². The number of pyridine rings is 2. The number of hydrogen-bond donors (Lipinski definition) is 0. The van der Waals surface area contributed by atoms with E-state index >= 15 is 0 Å². The van der Waals surface area contributed by atoms with Crippen molar-refractivity contribution in [3.05, 3.63) is 42.7 Å². The second kappa shape index (κ2) is 4.04. The molecule has 0 bridgehead atoms. The standard InChI is InChI=1S/C11H9FN2O/c1-15-10-4-9(5-13-7-10)8-2-3-11(12)14-6-8/h2-7H,1H3. The summed E-state index contributed by atoms with van der Waals surface area (Å²) in [5, 5.41) is 0. The van der Waals surface area contributed by atoms with Crippen LogP contribution in [0.15, 0.2) is 36.8 Å². The molecular weight excluding hydrogens is 195 g/mol. The largest absolute Gasteiger partial charge is 0.495 e. The molecule has 0 amide bonds. The van der Waals surface area contributed by atoms with Crippen molar-refractivity contribution >= 4 is 0 Å². The highest BCUT2D eigenvalue weighted by molar-refractivity contribution is 5.62. The average molecular weight is 204 g/mol. The summed E-state index contributed by atoms with van der Waals surface area (Å²) in [6.07, 6.45) is 4.75. The van der Waals surface area contributed by atoms with Gasteiger partial charge >= 0.3 is 0 Å². The van der Waals surface area contributed by atoms with Crippen LogP contribution < -0.4 is 4.74 Å². The second-order valence-corrected chi connectivity index (χ2v) is 2.98. The fraction of sp³-hybridized carbons (Fsp3) is 0.0909. The van der Waals surface area contributed by atoms with E-state index in [1.807, 2.05) is 6.07 Å². The Balaban J connectivity index is 2.40. The Labute approximate surface area is 86.6 Å². The highest BCUT2D eigenvalue weighted by atomic mass is 19.1. The molecular formula is C11H9FN2O. The van der Waals surface area contributed by atoms with Gasteiger partial charge in [0.1, 0.15) is 5.75 Å². The molecule has 0 aromatic carbocycles. The molecule has 0 fully saturated rings. The van der Waals surface area contributed by atoms with Gasteiger partial charge in [-0.15, -0.1) is 0 Å². The predicted molar refractivity (Wildman–Crippen MR) is 54.0 cm³/mol. The summed E-state index contributed by atoms with van der Waals surface area (Å²) in [7, 11) is 1.57. The van der Waals surface area contributed by atoms with Gasteiger partial charge in [-0.2, -0.15) is 4.39 Å². The van der Waals surface area contributed by atoms with Crippen molar-refractivity contribution in [2.75, 3.05) is 7.11 Å². The van der Waals surface area contributed by atoms with Crippen LogP contribution in [0.2, 0.25) is 0 Å². The SMILES string of the molecule is COc1cncc(-c2ccc(F)nc2)c1. The highest BCUT2D eigenvalue weighted by Crippen LogP contribution is 2.21. The minimum atomic E-state index is -0.491. The molecule has 2 aromatic heterocycles. The Hall–Kier alpha value is -1.97. The topological polar surface area (TPSA) is 35.0 Å². The van der Waals surface area contributed by atoms with Gasteiger partial charge in [-0.1, -0.05) is 0 Å². The van der Waals surface area contributed by atoms with Crippen LogP contribution in [-0.2, 0) is 0 Å². The van der Waals surface area contributed by atoms with Crippen molar-refractivity contribution in [3.63, 3.8) is 0 Å². The van der Waals surface area contributed by atoms with E-state index in [1.54, 1.807) is 25.6 Å².